The molecule has 0 aliphatic heterocycles. The molecule has 0 N–H and O–H groups in total. The van der Waals surface area contributed by atoms with E-state index >= 15 is 0 Å². The van der Waals surface area contributed by atoms with Gasteiger partial charge in [0.05, 0.1) is 13.3 Å². The Morgan fingerprint density at radius 2 is 2.07 bits per heavy atom. The van der Waals surface area contributed by atoms with Gasteiger partial charge in [-0.3, -0.25) is 0 Å². The summed E-state index contributed by atoms with van der Waals surface area (Å²) in [6, 6.07) is 5.84. The van der Waals surface area contributed by atoms with E-state index in [1.54, 1.807) is 13.3 Å². The van der Waals surface area contributed by atoms with Crippen molar-refractivity contribution < 1.29 is 9.57 Å². The number of hydrogen-bond donors (Lipinski definition) is 0. The maximum atomic E-state index is 5.25. The van der Waals surface area contributed by atoms with E-state index < -0.39 is 0 Å². The highest BCUT2D eigenvalue weighted by atomic mass is 16.6. The summed E-state index contributed by atoms with van der Waals surface area (Å²) in [5.74, 6) is 0.784. The summed E-state index contributed by atoms with van der Waals surface area (Å²) in [5.41, 5.74) is 1.97. The number of benzene rings is 1. The number of hydrogen-bond acceptors (Lipinski definition) is 3. The lowest BCUT2D eigenvalue weighted by Crippen LogP contribution is -1.94. The van der Waals surface area contributed by atoms with E-state index in [0.29, 0.717) is 0 Å². The molecule has 0 amide bonds. The summed E-state index contributed by atoms with van der Waals surface area (Å²) >= 11 is 0. The molecule has 0 saturated heterocycles. The Morgan fingerprint density at radius 3 is 2.67 bits per heavy atom. The molecule has 0 atom stereocenters. The van der Waals surface area contributed by atoms with Gasteiger partial charge in [-0.05, 0) is 18.6 Å². The van der Waals surface area contributed by atoms with Gasteiger partial charge in [-0.15, -0.1) is 0 Å². The van der Waals surface area contributed by atoms with Crippen LogP contribution in [0.4, 0.5) is 0 Å². The van der Waals surface area contributed by atoms with Crippen molar-refractivity contribution in [1.82, 2.24) is 0 Å². The fourth-order valence-electron chi connectivity index (χ4n) is 1.31. The van der Waals surface area contributed by atoms with Crippen molar-refractivity contribution >= 4 is 12.3 Å². The topological polar surface area (TPSA) is 30.8 Å². The summed E-state index contributed by atoms with van der Waals surface area (Å²) in [5, 5.41) is 3.75. The van der Waals surface area contributed by atoms with Crippen LogP contribution in [0.2, 0.25) is 0 Å². The molecular weight excluding hydrogens is 190 g/mol. The minimum atomic E-state index is 0.784. The van der Waals surface area contributed by atoms with Crippen LogP contribution >= 0.6 is 0 Å². The molecule has 15 heavy (non-hydrogen) atoms. The van der Waals surface area contributed by atoms with Gasteiger partial charge < -0.3 is 9.57 Å². The normalized spacial score (nSPS) is 11.1. The van der Waals surface area contributed by atoms with Gasteiger partial charge in [-0.1, -0.05) is 29.4 Å². The molecule has 0 bridgehead atoms. The second-order valence-corrected chi connectivity index (χ2v) is 2.88. The quantitative estimate of drug-likeness (QED) is 0.559. The highest BCUT2D eigenvalue weighted by Gasteiger charge is 2.04. The van der Waals surface area contributed by atoms with Crippen molar-refractivity contribution in [2.24, 2.45) is 5.16 Å². The number of allylic oxidation sites excluding steroid dienone is 1. The Balaban J connectivity index is 3.20. The van der Waals surface area contributed by atoms with Gasteiger partial charge in [0, 0.05) is 5.56 Å². The van der Waals surface area contributed by atoms with Crippen LogP contribution < -0.4 is 4.74 Å². The molecule has 0 aromatic heterocycles. The standard InChI is InChI=1S/C12H15NO2/c1-4-6-10-7-5-8-12(14-2)11(10)9-13-15-3/h4-9H,1-3H3/b6-4-,13-9+. The third kappa shape index (κ3) is 2.84. The molecule has 1 aromatic carbocycles. The van der Waals surface area contributed by atoms with Gasteiger partial charge in [0.25, 0.3) is 0 Å². The number of oxime groups is 1. The summed E-state index contributed by atoms with van der Waals surface area (Å²) < 4.78 is 5.25. The average molecular weight is 205 g/mol. The van der Waals surface area contributed by atoms with Crippen LogP contribution in [0.15, 0.2) is 29.4 Å². The average Bonchev–Trinajstić information content (AvgIpc) is 2.27. The second kappa shape index (κ2) is 5.86. The Hall–Kier alpha value is -1.77. The summed E-state index contributed by atoms with van der Waals surface area (Å²) in [4.78, 5) is 4.67. The van der Waals surface area contributed by atoms with E-state index in [0.717, 1.165) is 16.9 Å². The molecule has 1 rings (SSSR count). The van der Waals surface area contributed by atoms with Crippen molar-refractivity contribution in [2.75, 3.05) is 14.2 Å². The van der Waals surface area contributed by atoms with Crippen molar-refractivity contribution in [2.45, 2.75) is 6.92 Å². The molecule has 80 valence electrons. The number of rotatable bonds is 4. The SMILES string of the molecule is C/C=C\c1cccc(OC)c1/C=N/OC. The van der Waals surface area contributed by atoms with Crippen molar-refractivity contribution in [3.05, 3.63) is 35.4 Å². The van der Waals surface area contributed by atoms with Crippen LogP contribution in [0, 0.1) is 0 Å². The number of ether oxygens (including phenoxy) is 1. The van der Waals surface area contributed by atoms with Gasteiger partial charge in [0.15, 0.2) is 0 Å². The zero-order chi connectivity index (χ0) is 11.1. The first-order valence-corrected chi connectivity index (χ1v) is 4.69. The zero-order valence-corrected chi connectivity index (χ0v) is 9.23. The second-order valence-electron chi connectivity index (χ2n) is 2.88. The predicted molar refractivity (Wildman–Crippen MR) is 62.3 cm³/mol. The lowest BCUT2D eigenvalue weighted by molar-refractivity contribution is 0.215. The molecule has 0 unspecified atom stereocenters. The molecule has 0 aliphatic rings. The van der Waals surface area contributed by atoms with E-state index in [1.807, 2.05) is 37.3 Å². The fraction of sp³-hybridized carbons (Fsp3) is 0.250. The third-order valence-corrected chi connectivity index (χ3v) is 1.95. The lowest BCUT2D eigenvalue weighted by atomic mass is 10.1. The number of methoxy groups -OCH3 is 1. The van der Waals surface area contributed by atoms with Crippen LogP contribution in [-0.2, 0) is 4.84 Å². The van der Waals surface area contributed by atoms with Gasteiger partial charge >= 0.3 is 0 Å². The van der Waals surface area contributed by atoms with Gasteiger partial charge in [0.1, 0.15) is 12.9 Å². The summed E-state index contributed by atoms with van der Waals surface area (Å²) in [6.07, 6.45) is 5.62. The molecule has 0 radical (unpaired) electrons. The maximum Gasteiger partial charge on any atom is 0.128 e. The molecule has 0 fully saturated rings. The fourth-order valence-corrected chi connectivity index (χ4v) is 1.31. The van der Waals surface area contributed by atoms with Crippen molar-refractivity contribution in [3.8, 4) is 5.75 Å². The zero-order valence-electron chi connectivity index (χ0n) is 9.23. The van der Waals surface area contributed by atoms with E-state index in [9.17, 15) is 0 Å². The maximum absolute atomic E-state index is 5.25. The Kier molecular flexibility index (Phi) is 4.41. The smallest absolute Gasteiger partial charge is 0.128 e. The van der Waals surface area contributed by atoms with Crippen LogP contribution in [0.25, 0.3) is 6.08 Å². The molecule has 3 nitrogen and oxygen atoms in total. The lowest BCUT2D eigenvalue weighted by Gasteiger charge is -2.06. The first-order chi connectivity index (χ1) is 7.33. The Bertz CT molecular complexity index is 370. The van der Waals surface area contributed by atoms with Crippen LogP contribution in [-0.4, -0.2) is 20.4 Å². The van der Waals surface area contributed by atoms with Crippen molar-refractivity contribution in [1.29, 1.82) is 0 Å². The molecule has 3 heteroatoms. The first kappa shape index (κ1) is 11.3. The third-order valence-electron chi connectivity index (χ3n) is 1.95. The monoisotopic (exact) mass is 205 g/mol. The van der Waals surface area contributed by atoms with Gasteiger partial charge in [-0.25, -0.2) is 0 Å². The van der Waals surface area contributed by atoms with Crippen molar-refractivity contribution in [3.63, 3.8) is 0 Å². The predicted octanol–water partition coefficient (Wildman–Crippen LogP) is 2.71. The molecule has 0 heterocycles. The van der Waals surface area contributed by atoms with Crippen LogP contribution in [0.1, 0.15) is 18.1 Å². The van der Waals surface area contributed by atoms with E-state index in [2.05, 4.69) is 9.99 Å². The van der Waals surface area contributed by atoms with Crippen LogP contribution in [0.5, 0.6) is 5.75 Å². The molecule has 0 spiro atoms. The van der Waals surface area contributed by atoms with E-state index in [4.69, 9.17) is 4.74 Å². The summed E-state index contributed by atoms with van der Waals surface area (Å²) in [6.45, 7) is 1.97. The molecule has 0 aliphatic carbocycles. The molecule has 0 saturated carbocycles. The van der Waals surface area contributed by atoms with E-state index in [-0.39, 0.29) is 0 Å². The minimum absolute atomic E-state index is 0.784. The Morgan fingerprint density at radius 1 is 1.27 bits per heavy atom. The first-order valence-electron chi connectivity index (χ1n) is 4.69. The van der Waals surface area contributed by atoms with E-state index in [1.165, 1.54) is 7.11 Å². The van der Waals surface area contributed by atoms with Gasteiger partial charge in [-0.2, -0.15) is 0 Å². The van der Waals surface area contributed by atoms with Crippen LogP contribution in [0.3, 0.4) is 0 Å². The minimum Gasteiger partial charge on any atom is -0.496 e. The highest BCUT2D eigenvalue weighted by molar-refractivity contribution is 5.88. The highest BCUT2D eigenvalue weighted by Crippen LogP contribution is 2.21. The van der Waals surface area contributed by atoms with Gasteiger partial charge in [0.2, 0.25) is 0 Å². The number of nitrogens with zero attached hydrogens (tertiary/aromatic N) is 1. The largest absolute Gasteiger partial charge is 0.496 e. The Labute approximate surface area is 90.0 Å². The summed E-state index contributed by atoms with van der Waals surface area (Å²) in [7, 11) is 3.15. The molecular formula is C12H15NO2. The molecule has 1 aromatic rings.